The zero-order valence-electron chi connectivity index (χ0n) is 7.38. The van der Waals surface area contributed by atoms with Gasteiger partial charge in [0.1, 0.15) is 5.69 Å². The number of piperidine rings is 1. The lowest BCUT2D eigenvalue weighted by Crippen LogP contribution is -2.41. The molecule has 0 unspecified atom stereocenters. The van der Waals surface area contributed by atoms with E-state index in [0.29, 0.717) is 5.69 Å². The first-order valence-corrected chi connectivity index (χ1v) is 4.59. The van der Waals surface area contributed by atoms with E-state index in [2.05, 4.69) is 5.43 Å². The molecule has 0 atom stereocenters. The summed E-state index contributed by atoms with van der Waals surface area (Å²) in [5.41, 5.74) is 2.64. The van der Waals surface area contributed by atoms with E-state index in [1.54, 1.807) is 0 Å². The molecule has 1 heterocycles. The minimum absolute atomic E-state index is 0.384. The summed E-state index contributed by atoms with van der Waals surface area (Å²) in [6.45, 7) is 1.91. The Balaban J connectivity index is 1.95. The first kappa shape index (κ1) is 8.44. The fourth-order valence-electron chi connectivity index (χ4n) is 1.58. The van der Waals surface area contributed by atoms with E-state index < -0.39 is 0 Å². The third kappa shape index (κ3) is 1.62. The molecule has 0 saturated carbocycles. The van der Waals surface area contributed by atoms with Gasteiger partial charge in [0.15, 0.2) is 0 Å². The van der Waals surface area contributed by atoms with Crippen LogP contribution in [0.15, 0.2) is 15.7 Å². The molecule has 70 valence electrons. The van der Waals surface area contributed by atoms with E-state index in [4.69, 9.17) is 0 Å². The van der Waals surface area contributed by atoms with Gasteiger partial charge in [0.05, 0.1) is 0 Å². The van der Waals surface area contributed by atoms with E-state index in [0.717, 1.165) is 25.9 Å². The Morgan fingerprint density at radius 3 is 2.38 bits per heavy atom. The molecule has 1 fully saturated rings. The maximum absolute atomic E-state index is 10.9. The first-order chi connectivity index (χ1) is 6.27. The summed E-state index contributed by atoms with van der Waals surface area (Å²) in [5.74, 6) is 0. The Hall–Kier alpha value is -1.16. The van der Waals surface area contributed by atoms with Crippen LogP contribution in [-0.4, -0.2) is 18.1 Å². The van der Waals surface area contributed by atoms with Crippen molar-refractivity contribution in [3.05, 3.63) is 26.5 Å². The summed E-state index contributed by atoms with van der Waals surface area (Å²) in [7, 11) is 0. The normalized spacial score (nSPS) is 19.1. The van der Waals surface area contributed by atoms with Gasteiger partial charge in [-0.2, -0.15) is 0 Å². The predicted molar refractivity (Wildman–Crippen MR) is 50.4 cm³/mol. The Kier molecular flexibility index (Phi) is 2.14. The average Bonchev–Trinajstić information content (AvgIpc) is 2.19. The Morgan fingerprint density at radius 1 is 1.15 bits per heavy atom. The summed E-state index contributed by atoms with van der Waals surface area (Å²) in [6, 6.07) is 1.36. The van der Waals surface area contributed by atoms with Crippen molar-refractivity contribution in [2.45, 2.75) is 19.3 Å². The maximum atomic E-state index is 10.9. The van der Waals surface area contributed by atoms with Gasteiger partial charge in [-0.1, -0.05) is 6.42 Å². The molecule has 0 bridgehead atoms. The molecule has 1 aromatic carbocycles. The smallest absolute Gasteiger partial charge is 0.250 e. The average molecular weight is 180 g/mol. The second kappa shape index (κ2) is 3.30. The van der Waals surface area contributed by atoms with E-state index in [-0.39, 0.29) is 10.9 Å². The molecule has 1 aliphatic heterocycles. The minimum atomic E-state index is -0.389. The Labute approximate surface area is 75.8 Å². The van der Waals surface area contributed by atoms with Gasteiger partial charge in [-0.25, -0.2) is 5.01 Å². The molecule has 2 rings (SSSR count). The monoisotopic (exact) mass is 180 g/mol. The summed E-state index contributed by atoms with van der Waals surface area (Å²) < 4.78 is 0. The van der Waals surface area contributed by atoms with Gasteiger partial charge in [-0.05, 0) is 12.8 Å². The third-order valence-electron chi connectivity index (χ3n) is 2.38. The van der Waals surface area contributed by atoms with Crippen LogP contribution in [0.2, 0.25) is 0 Å². The molecular weight excluding hydrogens is 168 g/mol. The number of anilines is 1. The van der Waals surface area contributed by atoms with Gasteiger partial charge >= 0.3 is 0 Å². The molecule has 0 amide bonds. The fraction of sp³-hybridized carbons (Fsp3) is 0.556. The van der Waals surface area contributed by atoms with Gasteiger partial charge in [-0.15, -0.1) is 0 Å². The standard InChI is InChI=1S/C9H12N2O2/c12-8-6-7(9(8)13)10-11-4-2-1-3-5-11/h6,10H,1-5H2. The summed E-state index contributed by atoms with van der Waals surface area (Å²) in [5, 5.41) is 2.00. The van der Waals surface area contributed by atoms with E-state index in [1.165, 1.54) is 12.5 Å². The summed E-state index contributed by atoms with van der Waals surface area (Å²) >= 11 is 0. The van der Waals surface area contributed by atoms with Gasteiger partial charge in [0, 0.05) is 19.2 Å². The topological polar surface area (TPSA) is 49.4 Å². The highest BCUT2D eigenvalue weighted by Crippen LogP contribution is 2.09. The van der Waals surface area contributed by atoms with Gasteiger partial charge in [-0.3, -0.25) is 9.59 Å². The van der Waals surface area contributed by atoms with E-state index in [9.17, 15) is 9.59 Å². The minimum Gasteiger partial charge on any atom is -0.315 e. The maximum Gasteiger partial charge on any atom is 0.250 e. The van der Waals surface area contributed by atoms with Crippen LogP contribution < -0.4 is 16.3 Å². The highest BCUT2D eigenvalue weighted by atomic mass is 16.2. The molecule has 1 N–H and O–H groups in total. The van der Waals surface area contributed by atoms with Crippen LogP contribution in [-0.2, 0) is 0 Å². The third-order valence-corrected chi connectivity index (χ3v) is 2.38. The van der Waals surface area contributed by atoms with E-state index in [1.807, 2.05) is 5.01 Å². The van der Waals surface area contributed by atoms with Crippen LogP contribution >= 0.6 is 0 Å². The molecule has 0 radical (unpaired) electrons. The number of rotatable bonds is 2. The van der Waals surface area contributed by atoms with Crippen molar-refractivity contribution < 1.29 is 0 Å². The van der Waals surface area contributed by atoms with Crippen LogP contribution in [0.4, 0.5) is 5.69 Å². The molecule has 1 aromatic rings. The van der Waals surface area contributed by atoms with Crippen LogP contribution in [0.5, 0.6) is 0 Å². The Bertz CT molecular complexity index is 359. The van der Waals surface area contributed by atoms with Crippen molar-refractivity contribution in [3.8, 4) is 0 Å². The predicted octanol–water partition coefficient (Wildman–Crippen LogP) is 0.0954. The summed E-state index contributed by atoms with van der Waals surface area (Å²) in [6.07, 6.45) is 3.56. The van der Waals surface area contributed by atoms with Crippen molar-refractivity contribution in [2.24, 2.45) is 0 Å². The second-order valence-corrected chi connectivity index (χ2v) is 3.41. The second-order valence-electron chi connectivity index (χ2n) is 3.41. The van der Waals surface area contributed by atoms with Crippen molar-refractivity contribution in [2.75, 3.05) is 18.5 Å². The number of nitrogens with zero attached hydrogens (tertiary/aromatic N) is 1. The van der Waals surface area contributed by atoms with Gasteiger partial charge in [0.2, 0.25) is 10.9 Å². The van der Waals surface area contributed by atoms with Gasteiger partial charge < -0.3 is 5.43 Å². The van der Waals surface area contributed by atoms with Crippen molar-refractivity contribution in [1.29, 1.82) is 0 Å². The molecule has 1 saturated heterocycles. The highest BCUT2D eigenvalue weighted by Gasteiger charge is 2.14. The highest BCUT2D eigenvalue weighted by molar-refractivity contribution is 5.46. The SMILES string of the molecule is O=c1cc(NN2CCCCC2)c1=O. The quantitative estimate of drug-likeness (QED) is 0.655. The van der Waals surface area contributed by atoms with Crippen molar-refractivity contribution in [1.82, 2.24) is 5.01 Å². The number of hydrogen-bond acceptors (Lipinski definition) is 4. The molecule has 0 spiro atoms. The molecule has 4 nitrogen and oxygen atoms in total. The lowest BCUT2D eigenvalue weighted by Gasteiger charge is -2.27. The van der Waals surface area contributed by atoms with Gasteiger partial charge in [0.25, 0.3) is 0 Å². The van der Waals surface area contributed by atoms with E-state index >= 15 is 0 Å². The first-order valence-electron chi connectivity index (χ1n) is 4.59. The van der Waals surface area contributed by atoms with Crippen LogP contribution in [0.25, 0.3) is 0 Å². The lowest BCUT2D eigenvalue weighted by molar-refractivity contribution is 0.272. The van der Waals surface area contributed by atoms with Crippen LogP contribution in [0.3, 0.4) is 0 Å². The number of hydrogen-bond donors (Lipinski definition) is 1. The number of nitrogens with one attached hydrogen (secondary N) is 1. The lowest BCUT2D eigenvalue weighted by atomic mass is 10.2. The molecule has 0 aromatic heterocycles. The van der Waals surface area contributed by atoms with Crippen molar-refractivity contribution in [3.63, 3.8) is 0 Å². The molecular formula is C9H12N2O2. The zero-order chi connectivity index (χ0) is 9.26. The fourth-order valence-corrected chi connectivity index (χ4v) is 1.58. The Morgan fingerprint density at radius 2 is 1.85 bits per heavy atom. The molecule has 1 aliphatic rings. The summed E-state index contributed by atoms with van der Waals surface area (Å²) in [4.78, 5) is 21.5. The molecule has 13 heavy (non-hydrogen) atoms. The number of hydrazine groups is 1. The van der Waals surface area contributed by atoms with Crippen molar-refractivity contribution >= 4 is 5.69 Å². The van der Waals surface area contributed by atoms with Crippen LogP contribution in [0, 0.1) is 0 Å². The van der Waals surface area contributed by atoms with Crippen LogP contribution in [0.1, 0.15) is 19.3 Å². The largest absolute Gasteiger partial charge is 0.315 e. The molecule has 4 heteroatoms. The molecule has 0 aliphatic carbocycles. The zero-order valence-corrected chi connectivity index (χ0v) is 7.38.